The number of nitrogens with zero attached hydrogens (tertiary/aromatic N) is 4. The Hall–Kier alpha value is -2.61. The maximum atomic E-state index is 13.7. The van der Waals surface area contributed by atoms with E-state index in [9.17, 15) is 9.18 Å². The number of ether oxygens (including phenoxy) is 2. The van der Waals surface area contributed by atoms with Crippen LogP contribution >= 0.6 is 0 Å². The highest BCUT2D eigenvalue weighted by Crippen LogP contribution is 2.36. The predicted molar refractivity (Wildman–Crippen MR) is 89.1 cm³/mol. The Labute approximate surface area is 150 Å². The molecule has 2 aliphatic rings. The largest absolute Gasteiger partial charge is 0.470 e. The van der Waals surface area contributed by atoms with Crippen LogP contribution in [-0.2, 0) is 4.74 Å². The number of amides is 1. The van der Waals surface area contributed by atoms with Gasteiger partial charge in [0.05, 0.1) is 24.9 Å². The first kappa shape index (κ1) is 16.8. The molecule has 2 aromatic heterocycles. The Balaban J connectivity index is 1.43. The monoisotopic (exact) mass is 358 g/mol. The molecule has 136 valence electrons. The molecule has 8 heteroatoms. The van der Waals surface area contributed by atoms with E-state index in [2.05, 4.69) is 15.0 Å². The minimum Gasteiger partial charge on any atom is -0.470 e. The third-order valence-electron chi connectivity index (χ3n) is 4.79. The van der Waals surface area contributed by atoms with Gasteiger partial charge in [-0.05, 0) is 25.0 Å². The van der Waals surface area contributed by atoms with Gasteiger partial charge in [0.1, 0.15) is 11.8 Å². The number of aromatic nitrogens is 3. The lowest BCUT2D eigenvalue weighted by molar-refractivity contribution is -0.0455. The fourth-order valence-electron chi connectivity index (χ4n) is 3.62. The quantitative estimate of drug-likeness (QED) is 0.833. The van der Waals surface area contributed by atoms with Crippen molar-refractivity contribution in [2.45, 2.75) is 31.0 Å². The van der Waals surface area contributed by atoms with Crippen LogP contribution in [0.4, 0.5) is 4.39 Å². The number of hydrogen-bond acceptors (Lipinski definition) is 6. The van der Waals surface area contributed by atoms with Gasteiger partial charge in [-0.1, -0.05) is 0 Å². The first-order valence-electron chi connectivity index (χ1n) is 8.62. The lowest BCUT2D eigenvalue weighted by Gasteiger charge is -2.39. The topological polar surface area (TPSA) is 77.4 Å². The third kappa shape index (κ3) is 3.37. The summed E-state index contributed by atoms with van der Waals surface area (Å²) in [6.07, 6.45) is 7.97. The summed E-state index contributed by atoms with van der Waals surface area (Å²) in [5.41, 5.74) is -0.141. The van der Waals surface area contributed by atoms with Crippen molar-refractivity contribution in [2.75, 3.05) is 19.7 Å². The summed E-state index contributed by atoms with van der Waals surface area (Å²) >= 11 is 0. The Morgan fingerprint density at radius 2 is 2.27 bits per heavy atom. The lowest BCUT2D eigenvalue weighted by Crippen LogP contribution is -2.50. The summed E-state index contributed by atoms with van der Waals surface area (Å²) < 4.78 is 25.4. The van der Waals surface area contributed by atoms with Gasteiger partial charge in [-0.2, -0.15) is 0 Å². The van der Waals surface area contributed by atoms with Crippen LogP contribution in [0.5, 0.6) is 5.88 Å². The van der Waals surface area contributed by atoms with Gasteiger partial charge in [-0.3, -0.25) is 9.78 Å². The highest BCUT2D eigenvalue weighted by molar-refractivity contribution is 5.92. The lowest BCUT2D eigenvalue weighted by atomic mass is 9.89. The van der Waals surface area contributed by atoms with E-state index in [4.69, 9.17) is 9.47 Å². The molecule has 0 radical (unpaired) electrons. The third-order valence-corrected chi connectivity index (χ3v) is 4.79. The van der Waals surface area contributed by atoms with Crippen molar-refractivity contribution in [3.05, 3.63) is 48.4 Å². The van der Waals surface area contributed by atoms with Crippen molar-refractivity contribution in [1.82, 2.24) is 19.9 Å². The van der Waals surface area contributed by atoms with Crippen LogP contribution in [0.15, 0.2) is 36.9 Å². The SMILES string of the molecule is O=C(c1cnccn1)N1CCC[C@]2(C[C@@H](Oc3ncccc3F)CO2)C1. The fourth-order valence-corrected chi connectivity index (χ4v) is 3.62. The van der Waals surface area contributed by atoms with E-state index in [1.54, 1.807) is 4.90 Å². The fraction of sp³-hybridized carbons (Fsp3) is 0.444. The molecule has 4 rings (SSSR count). The van der Waals surface area contributed by atoms with Crippen molar-refractivity contribution in [3.63, 3.8) is 0 Å². The summed E-state index contributed by atoms with van der Waals surface area (Å²) in [4.78, 5) is 26.3. The number of hydrogen-bond donors (Lipinski definition) is 0. The molecule has 1 amide bonds. The van der Waals surface area contributed by atoms with Gasteiger partial charge in [0.2, 0.25) is 0 Å². The van der Waals surface area contributed by atoms with Crippen LogP contribution in [0.2, 0.25) is 0 Å². The van der Waals surface area contributed by atoms with Gasteiger partial charge in [0, 0.05) is 31.6 Å². The predicted octanol–water partition coefficient (Wildman–Crippen LogP) is 1.85. The van der Waals surface area contributed by atoms with E-state index in [-0.39, 0.29) is 17.9 Å². The second kappa shape index (κ2) is 6.95. The molecule has 0 bridgehead atoms. The average Bonchev–Trinajstić information content (AvgIpc) is 3.05. The molecular formula is C18H19FN4O3. The molecule has 26 heavy (non-hydrogen) atoms. The second-order valence-corrected chi connectivity index (χ2v) is 6.65. The molecule has 2 fully saturated rings. The number of carbonyl (C=O) groups is 1. The molecule has 2 aliphatic heterocycles. The van der Waals surface area contributed by atoms with Gasteiger partial charge < -0.3 is 14.4 Å². The van der Waals surface area contributed by atoms with Crippen molar-refractivity contribution < 1.29 is 18.7 Å². The van der Waals surface area contributed by atoms with E-state index < -0.39 is 11.4 Å². The molecule has 2 atom stereocenters. The zero-order valence-electron chi connectivity index (χ0n) is 14.2. The molecule has 2 aromatic rings. The smallest absolute Gasteiger partial charge is 0.274 e. The Kier molecular flexibility index (Phi) is 4.50. The van der Waals surface area contributed by atoms with Gasteiger partial charge in [0.15, 0.2) is 5.82 Å². The molecule has 2 saturated heterocycles. The van der Waals surface area contributed by atoms with Gasteiger partial charge >= 0.3 is 0 Å². The Morgan fingerprint density at radius 1 is 1.35 bits per heavy atom. The van der Waals surface area contributed by atoms with E-state index in [0.29, 0.717) is 31.8 Å². The standard InChI is InChI=1S/C18H19FN4O3/c19-14-3-1-5-22-16(14)26-13-9-18(25-11-13)4-2-8-23(12-18)17(24)15-10-20-6-7-21-15/h1,3,5-7,10,13H,2,4,8-9,11-12H2/t13-,18+/m1/s1. The summed E-state index contributed by atoms with van der Waals surface area (Å²) in [5.74, 6) is -0.654. The zero-order chi connectivity index (χ0) is 18.0. The zero-order valence-corrected chi connectivity index (χ0v) is 14.2. The maximum absolute atomic E-state index is 13.7. The molecule has 1 spiro atoms. The highest BCUT2D eigenvalue weighted by Gasteiger charge is 2.45. The van der Waals surface area contributed by atoms with Crippen LogP contribution in [-0.4, -0.2) is 57.2 Å². The summed E-state index contributed by atoms with van der Waals surface area (Å²) in [5, 5.41) is 0. The number of pyridine rings is 1. The minimum atomic E-state index is -0.489. The first-order chi connectivity index (χ1) is 12.7. The van der Waals surface area contributed by atoms with Gasteiger partial charge in [-0.25, -0.2) is 14.4 Å². The van der Waals surface area contributed by atoms with Crippen molar-refractivity contribution >= 4 is 5.91 Å². The molecule has 0 N–H and O–H groups in total. The summed E-state index contributed by atoms with van der Waals surface area (Å²) in [7, 11) is 0. The number of rotatable bonds is 3. The van der Waals surface area contributed by atoms with Crippen LogP contribution in [0, 0.1) is 5.82 Å². The number of piperidine rings is 1. The average molecular weight is 358 g/mol. The minimum absolute atomic E-state index is 0.0125. The van der Waals surface area contributed by atoms with Gasteiger partial charge in [0.25, 0.3) is 11.8 Å². The van der Waals surface area contributed by atoms with Crippen LogP contribution in [0.1, 0.15) is 29.8 Å². The summed E-state index contributed by atoms with van der Waals surface area (Å²) in [6.45, 7) is 1.47. The van der Waals surface area contributed by atoms with E-state index in [1.807, 2.05) is 0 Å². The van der Waals surface area contributed by atoms with E-state index >= 15 is 0 Å². The molecule has 0 saturated carbocycles. The Morgan fingerprint density at radius 3 is 3.08 bits per heavy atom. The molecule has 7 nitrogen and oxygen atoms in total. The van der Waals surface area contributed by atoms with Gasteiger partial charge in [-0.15, -0.1) is 0 Å². The molecule has 0 aromatic carbocycles. The number of likely N-dealkylation sites (tertiary alicyclic amines) is 1. The van der Waals surface area contributed by atoms with Crippen LogP contribution in [0.25, 0.3) is 0 Å². The van der Waals surface area contributed by atoms with Crippen molar-refractivity contribution in [2.24, 2.45) is 0 Å². The van der Waals surface area contributed by atoms with Crippen LogP contribution < -0.4 is 4.74 Å². The van der Waals surface area contributed by atoms with Crippen molar-refractivity contribution in [1.29, 1.82) is 0 Å². The van der Waals surface area contributed by atoms with Crippen LogP contribution in [0.3, 0.4) is 0 Å². The molecule has 4 heterocycles. The number of halogens is 1. The first-order valence-corrected chi connectivity index (χ1v) is 8.62. The van der Waals surface area contributed by atoms with E-state index in [0.717, 1.165) is 12.8 Å². The molecule has 0 aliphatic carbocycles. The van der Waals surface area contributed by atoms with E-state index in [1.165, 1.54) is 36.9 Å². The normalized spacial score (nSPS) is 25.4. The second-order valence-electron chi connectivity index (χ2n) is 6.65. The van der Waals surface area contributed by atoms with Crippen molar-refractivity contribution in [3.8, 4) is 5.88 Å². The highest BCUT2D eigenvalue weighted by atomic mass is 19.1. The Bertz CT molecular complexity index is 791. The summed E-state index contributed by atoms with van der Waals surface area (Å²) in [6, 6.07) is 2.84. The maximum Gasteiger partial charge on any atom is 0.274 e. The molecule has 0 unspecified atom stereocenters. The molecular weight excluding hydrogens is 339 g/mol. The number of carbonyl (C=O) groups excluding carboxylic acids is 1.